The molecule has 3 heterocycles. The number of carbonyl (C=O) groups excluding carboxylic acids is 2. The lowest BCUT2D eigenvalue weighted by Crippen LogP contribution is -2.20. The van der Waals surface area contributed by atoms with E-state index >= 15 is 0 Å². The second kappa shape index (κ2) is 11.4. The molecule has 14 heteroatoms. The standard InChI is InChI=1S/C24H27N7O6S/c1-4-36-23(33)16-7-5-15(6-8-16)20-11-21(37-17-9-10-19(26-12-17)22(32)25-2)29-24(28-20)30-38(34,35)18-13-27-31(3)14-18/h5,9-14,16H,4,6-8H2,1-3H3,(H,25,32)(H,28,29,30). The molecule has 0 bridgehead atoms. The zero-order chi connectivity index (χ0) is 27.3. The number of hydrogen-bond acceptors (Lipinski definition) is 10. The number of allylic oxidation sites excluding steroid dienone is 2. The van der Waals surface area contributed by atoms with E-state index in [0.29, 0.717) is 31.6 Å². The summed E-state index contributed by atoms with van der Waals surface area (Å²) in [6, 6.07) is 4.61. The summed E-state index contributed by atoms with van der Waals surface area (Å²) in [4.78, 5) is 36.5. The van der Waals surface area contributed by atoms with Crippen molar-refractivity contribution in [1.82, 2.24) is 30.0 Å². The van der Waals surface area contributed by atoms with E-state index in [1.807, 2.05) is 6.08 Å². The molecule has 0 aromatic carbocycles. The van der Waals surface area contributed by atoms with Crippen molar-refractivity contribution in [2.24, 2.45) is 13.0 Å². The lowest BCUT2D eigenvalue weighted by atomic mass is 9.88. The third kappa shape index (κ3) is 6.32. The summed E-state index contributed by atoms with van der Waals surface area (Å²) < 4.78 is 40.5. The van der Waals surface area contributed by atoms with E-state index in [1.165, 1.54) is 36.4 Å². The van der Waals surface area contributed by atoms with Gasteiger partial charge in [0.1, 0.15) is 16.3 Å². The first-order chi connectivity index (χ1) is 18.2. The number of aryl methyl sites for hydroxylation is 1. The number of pyridine rings is 1. The molecule has 4 rings (SSSR count). The number of rotatable bonds is 9. The van der Waals surface area contributed by atoms with Crippen LogP contribution in [0.1, 0.15) is 42.4 Å². The molecular weight excluding hydrogens is 514 g/mol. The van der Waals surface area contributed by atoms with Gasteiger partial charge in [0, 0.05) is 26.4 Å². The Morgan fingerprint density at radius 1 is 1.21 bits per heavy atom. The second-order valence-electron chi connectivity index (χ2n) is 8.38. The molecule has 0 radical (unpaired) electrons. The van der Waals surface area contributed by atoms with Crippen LogP contribution in [0.2, 0.25) is 0 Å². The highest BCUT2D eigenvalue weighted by Gasteiger charge is 2.25. The largest absolute Gasteiger partial charge is 0.466 e. The summed E-state index contributed by atoms with van der Waals surface area (Å²) in [6.45, 7) is 2.08. The number of carbonyl (C=O) groups is 2. The van der Waals surface area contributed by atoms with Gasteiger partial charge in [-0.2, -0.15) is 10.1 Å². The minimum Gasteiger partial charge on any atom is -0.466 e. The molecule has 1 unspecified atom stereocenters. The first kappa shape index (κ1) is 26.7. The molecule has 2 N–H and O–H groups in total. The van der Waals surface area contributed by atoms with Crippen LogP contribution >= 0.6 is 0 Å². The quantitative estimate of drug-likeness (QED) is 0.384. The van der Waals surface area contributed by atoms with Gasteiger partial charge < -0.3 is 14.8 Å². The number of amides is 1. The van der Waals surface area contributed by atoms with E-state index in [0.717, 1.165) is 5.57 Å². The van der Waals surface area contributed by atoms with Crippen LogP contribution in [0, 0.1) is 5.92 Å². The zero-order valence-corrected chi connectivity index (χ0v) is 21.9. The zero-order valence-electron chi connectivity index (χ0n) is 21.0. The summed E-state index contributed by atoms with van der Waals surface area (Å²) in [5.41, 5.74) is 1.46. The summed E-state index contributed by atoms with van der Waals surface area (Å²) in [5, 5.41) is 6.38. The molecule has 0 aliphatic heterocycles. The lowest BCUT2D eigenvalue weighted by molar-refractivity contribution is -0.148. The average Bonchev–Trinajstić information content (AvgIpc) is 3.36. The Kier molecular flexibility index (Phi) is 8.00. The van der Waals surface area contributed by atoms with E-state index < -0.39 is 10.0 Å². The summed E-state index contributed by atoms with van der Waals surface area (Å²) in [6.07, 6.45) is 7.36. The van der Waals surface area contributed by atoms with Crippen LogP contribution in [-0.4, -0.2) is 58.7 Å². The molecule has 1 amide bonds. The van der Waals surface area contributed by atoms with Gasteiger partial charge in [-0.25, -0.2) is 23.1 Å². The van der Waals surface area contributed by atoms with Crippen LogP contribution in [-0.2, 0) is 26.6 Å². The molecule has 1 aliphatic carbocycles. The van der Waals surface area contributed by atoms with E-state index in [2.05, 4.69) is 30.1 Å². The molecule has 3 aromatic heterocycles. The fourth-order valence-electron chi connectivity index (χ4n) is 3.77. The van der Waals surface area contributed by atoms with Crippen LogP contribution in [0.5, 0.6) is 11.6 Å². The summed E-state index contributed by atoms with van der Waals surface area (Å²) in [7, 11) is -0.924. The number of anilines is 1. The maximum atomic E-state index is 12.9. The molecule has 38 heavy (non-hydrogen) atoms. The lowest BCUT2D eigenvalue weighted by Gasteiger charge is -2.20. The Hall–Kier alpha value is -4.33. The normalized spacial score (nSPS) is 15.3. The number of nitrogens with one attached hydrogen (secondary N) is 2. The topological polar surface area (TPSA) is 167 Å². The van der Waals surface area contributed by atoms with Crippen LogP contribution in [0.15, 0.2) is 47.8 Å². The smallest absolute Gasteiger partial charge is 0.309 e. The monoisotopic (exact) mass is 541 g/mol. The molecule has 1 atom stereocenters. The number of esters is 1. The van der Waals surface area contributed by atoms with Gasteiger partial charge >= 0.3 is 5.97 Å². The van der Waals surface area contributed by atoms with Gasteiger partial charge in [0.15, 0.2) is 0 Å². The highest BCUT2D eigenvalue weighted by molar-refractivity contribution is 7.92. The number of aromatic nitrogens is 5. The molecule has 0 saturated carbocycles. The van der Waals surface area contributed by atoms with Crippen LogP contribution < -0.4 is 14.8 Å². The van der Waals surface area contributed by atoms with Crippen molar-refractivity contribution in [3.63, 3.8) is 0 Å². The Morgan fingerprint density at radius 2 is 2.03 bits per heavy atom. The van der Waals surface area contributed by atoms with Crippen molar-refractivity contribution >= 4 is 33.4 Å². The Labute approximate surface area is 219 Å². The van der Waals surface area contributed by atoms with E-state index in [-0.39, 0.29) is 46.0 Å². The summed E-state index contributed by atoms with van der Waals surface area (Å²) >= 11 is 0. The van der Waals surface area contributed by atoms with E-state index in [9.17, 15) is 18.0 Å². The SMILES string of the molecule is CCOC(=O)C1CC=C(c2cc(Oc3ccc(C(=O)NC)nc3)nc(NS(=O)(=O)c3cnn(C)c3)n2)CC1. The molecular formula is C24H27N7O6S. The van der Waals surface area contributed by atoms with Crippen molar-refractivity contribution in [3.8, 4) is 11.6 Å². The van der Waals surface area contributed by atoms with Crippen LogP contribution in [0.4, 0.5) is 5.95 Å². The van der Waals surface area contributed by atoms with Gasteiger partial charge in [-0.05, 0) is 43.9 Å². The van der Waals surface area contributed by atoms with Gasteiger partial charge in [0.25, 0.3) is 15.9 Å². The highest BCUT2D eigenvalue weighted by Crippen LogP contribution is 2.32. The fourth-order valence-corrected chi connectivity index (χ4v) is 4.70. The van der Waals surface area contributed by atoms with Crippen molar-refractivity contribution in [2.75, 3.05) is 18.4 Å². The third-order valence-corrected chi connectivity index (χ3v) is 6.98. The summed E-state index contributed by atoms with van der Waals surface area (Å²) in [5.74, 6) is -0.704. The van der Waals surface area contributed by atoms with Crippen LogP contribution in [0.3, 0.4) is 0 Å². The molecule has 0 spiro atoms. The Morgan fingerprint density at radius 3 is 2.63 bits per heavy atom. The second-order valence-corrected chi connectivity index (χ2v) is 10.1. The van der Waals surface area contributed by atoms with Gasteiger partial charge in [0.05, 0.1) is 30.6 Å². The minimum absolute atomic E-state index is 0.0559. The van der Waals surface area contributed by atoms with Crippen molar-refractivity contribution in [3.05, 3.63) is 54.3 Å². The predicted molar refractivity (Wildman–Crippen MR) is 136 cm³/mol. The van der Waals surface area contributed by atoms with Crippen LogP contribution in [0.25, 0.3) is 5.57 Å². The molecule has 200 valence electrons. The number of hydrogen-bond donors (Lipinski definition) is 2. The van der Waals surface area contributed by atoms with Gasteiger partial charge in [-0.3, -0.25) is 14.3 Å². The molecule has 0 fully saturated rings. The predicted octanol–water partition coefficient (Wildman–Crippen LogP) is 2.30. The Bertz CT molecular complexity index is 1470. The average molecular weight is 542 g/mol. The van der Waals surface area contributed by atoms with E-state index in [1.54, 1.807) is 26.1 Å². The maximum absolute atomic E-state index is 12.9. The number of ether oxygens (including phenoxy) is 2. The molecule has 3 aromatic rings. The third-order valence-electron chi connectivity index (χ3n) is 5.70. The maximum Gasteiger partial charge on any atom is 0.309 e. The van der Waals surface area contributed by atoms with Crippen molar-refractivity contribution < 1.29 is 27.5 Å². The first-order valence-electron chi connectivity index (χ1n) is 11.8. The molecule has 0 saturated heterocycles. The fraction of sp³-hybridized carbons (Fsp3) is 0.333. The number of sulfonamides is 1. The molecule has 13 nitrogen and oxygen atoms in total. The van der Waals surface area contributed by atoms with Gasteiger partial charge in [-0.1, -0.05) is 6.08 Å². The van der Waals surface area contributed by atoms with E-state index in [4.69, 9.17) is 9.47 Å². The number of nitrogens with zero attached hydrogens (tertiary/aromatic N) is 5. The van der Waals surface area contributed by atoms with Crippen molar-refractivity contribution in [1.29, 1.82) is 0 Å². The Balaban J connectivity index is 1.64. The first-order valence-corrected chi connectivity index (χ1v) is 13.3. The molecule has 1 aliphatic rings. The van der Waals surface area contributed by atoms with Gasteiger partial charge in [-0.15, -0.1) is 0 Å². The highest BCUT2D eigenvalue weighted by atomic mass is 32.2. The minimum atomic E-state index is -4.03. The van der Waals surface area contributed by atoms with Crippen molar-refractivity contribution in [2.45, 2.75) is 31.1 Å². The van der Waals surface area contributed by atoms with Gasteiger partial charge in [0.2, 0.25) is 11.8 Å².